The molecular weight excluding hydrogens is 331 g/mol. The first kappa shape index (κ1) is 16.5. The van der Waals surface area contributed by atoms with Crippen molar-refractivity contribution < 1.29 is 14.1 Å². The number of amides is 1. The summed E-state index contributed by atoms with van der Waals surface area (Å²) >= 11 is 17.3. The molecule has 0 fully saturated rings. The zero-order valence-electron chi connectivity index (χ0n) is 9.98. The first-order valence-electron chi connectivity index (χ1n) is 5.37. The molecule has 0 radical (unpaired) electrons. The van der Waals surface area contributed by atoms with Crippen molar-refractivity contribution in [2.75, 3.05) is 6.61 Å². The van der Waals surface area contributed by atoms with Gasteiger partial charge >= 0.3 is 13.9 Å². The topological polar surface area (TPSA) is 55.4 Å². The lowest BCUT2D eigenvalue weighted by Gasteiger charge is -2.16. The van der Waals surface area contributed by atoms with Crippen LogP contribution in [0.4, 0.5) is 4.79 Å². The number of alkyl halides is 3. The summed E-state index contributed by atoms with van der Waals surface area (Å²) in [6.07, 6.45) is -0.780. The Kier molecular flexibility index (Phi) is 6.34. The second-order valence-electron chi connectivity index (χ2n) is 3.47. The van der Waals surface area contributed by atoms with E-state index in [0.717, 1.165) is 0 Å². The van der Waals surface area contributed by atoms with Crippen LogP contribution in [0.3, 0.4) is 0 Å². The third kappa shape index (κ3) is 5.15. The Balaban J connectivity index is 2.92. The zero-order chi connectivity index (χ0) is 14.5. The maximum absolute atomic E-state index is 12.4. The molecule has 4 nitrogen and oxygen atoms in total. The van der Waals surface area contributed by atoms with Crippen molar-refractivity contribution in [3.63, 3.8) is 0 Å². The monoisotopic (exact) mass is 342 g/mol. The molecule has 1 N–H and O–H groups in total. The molecule has 19 heavy (non-hydrogen) atoms. The van der Waals surface area contributed by atoms with Gasteiger partial charge in [0.25, 0.3) is 9.58 Å². The molecule has 0 aliphatic rings. The van der Waals surface area contributed by atoms with Gasteiger partial charge in [-0.3, -0.25) is 5.32 Å². The van der Waals surface area contributed by atoms with Gasteiger partial charge in [0.15, 0.2) is 5.30 Å². The quantitative estimate of drug-likeness (QED) is 0.671. The van der Waals surface area contributed by atoms with Crippen LogP contribution in [0.15, 0.2) is 30.3 Å². The number of carbonyl (C=O) groups is 1. The lowest BCUT2D eigenvalue weighted by atomic mass is 10.4. The van der Waals surface area contributed by atoms with E-state index in [2.05, 4.69) is 5.32 Å². The standard InChI is InChI=1S/C11H11Cl3NO3P/c1-2-18-10(16)15-9(11(12,13)14)19(17)8-6-4-3-5-7-8/h3-7,9H,2H2,1H3/p+1. The number of nitrogens with one attached hydrogen (secondary N) is 1. The van der Waals surface area contributed by atoms with Crippen molar-refractivity contribution in [2.24, 2.45) is 0 Å². The maximum atomic E-state index is 12.4. The van der Waals surface area contributed by atoms with Crippen molar-refractivity contribution in [2.45, 2.75) is 16.5 Å². The Morgan fingerprint density at radius 2 is 1.95 bits per heavy atom. The Morgan fingerprint density at radius 1 is 1.37 bits per heavy atom. The van der Waals surface area contributed by atoms with E-state index < -0.39 is 23.5 Å². The lowest BCUT2D eigenvalue weighted by Crippen LogP contribution is -2.42. The van der Waals surface area contributed by atoms with Gasteiger partial charge in [0.2, 0.25) is 0 Å². The highest BCUT2D eigenvalue weighted by atomic mass is 35.6. The van der Waals surface area contributed by atoms with Gasteiger partial charge in [0.05, 0.1) is 6.61 Å². The van der Waals surface area contributed by atoms with Gasteiger partial charge in [0.1, 0.15) is 0 Å². The van der Waals surface area contributed by atoms with E-state index in [9.17, 15) is 9.36 Å². The van der Waals surface area contributed by atoms with Crippen LogP contribution >= 0.6 is 42.6 Å². The van der Waals surface area contributed by atoms with Crippen molar-refractivity contribution >= 4 is 54.0 Å². The van der Waals surface area contributed by atoms with E-state index >= 15 is 0 Å². The van der Waals surface area contributed by atoms with Gasteiger partial charge < -0.3 is 4.74 Å². The first-order valence-corrected chi connectivity index (χ1v) is 7.84. The highest BCUT2D eigenvalue weighted by Crippen LogP contribution is 2.42. The molecule has 1 aromatic carbocycles. The second-order valence-corrected chi connectivity index (χ2v) is 7.52. The number of halogens is 3. The minimum absolute atomic E-state index is 0.167. The average molecular weight is 344 g/mol. The highest BCUT2D eigenvalue weighted by molar-refractivity contribution is 7.54. The van der Waals surface area contributed by atoms with E-state index in [1.165, 1.54) is 0 Å². The fourth-order valence-corrected chi connectivity index (χ4v) is 3.50. The minimum atomic E-state index is -2.13. The highest BCUT2D eigenvalue weighted by Gasteiger charge is 2.49. The molecule has 0 saturated carbocycles. The second kappa shape index (κ2) is 7.30. The van der Waals surface area contributed by atoms with Crippen LogP contribution < -0.4 is 10.6 Å². The van der Waals surface area contributed by atoms with E-state index in [1.807, 2.05) is 0 Å². The maximum Gasteiger partial charge on any atom is 0.410 e. The molecule has 1 aromatic rings. The molecule has 2 unspecified atom stereocenters. The van der Waals surface area contributed by atoms with Crippen LogP contribution in [0, 0.1) is 0 Å². The fraction of sp³-hybridized carbons (Fsp3) is 0.364. The zero-order valence-corrected chi connectivity index (χ0v) is 13.1. The first-order chi connectivity index (χ1) is 8.86. The summed E-state index contributed by atoms with van der Waals surface area (Å²) in [4.78, 5) is 11.4. The molecule has 0 heterocycles. The summed E-state index contributed by atoms with van der Waals surface area (Å²) in [7, 11) is -2.13. The smallest absolute Gasteiger partial charge is 0.410 e. The lowest BCUT2D eigenvalue weighted by molar-refractivity contribution is 0.151. The van der Waals surface area contributed by atoms with Crippen LogP contribution in [-0.2, 0) is 9.30 Å². The summed E-state index contributed by atoms with van der Waals surface area (Å²) in [6.45, 7) is 1.81. The molecule has 0 saturated heterocycles. The molecule has 0 spiro atoms. The summed E-state index contributed by atoms with van der Waals surface area (Å²) < 4.78 is 15.1. The van der Waals surface area contributed by atoms with E-state index in [4.69, 9.17) is 39.5 Å². The van der Waals surface area contributed by atoms with Gasteiger partial charge in [-0.2, -0.15) is 0 Å². The molecule has 0 aromatic heterocycles. The third-order valence-electron chi connectivity index (χ3n) is 2.09. The number of benzene rings is 1. The number of hydrogen-bond donors (Lipinski definition) is 1. The fourth-order valence-electron chi connectivity index (χ4n) is 1.28. The van der Waals surface area contributed by atoms with Crippen molar-refractivity contribution in [1.82, 2.24) is 5.32 Å². The Morgan fingerprint density at radius 3 is 2.42 bits per heavy atom. The molecule has 0 aliphatic heterocycles. The van der Waals surface area contributed by atoms with E-state index in [0.29, 0.717) is 5.30 Å². The number of rotatable bonds is 4. The molecule has 104 valence electrons. The number of ether oxygens (including phenoxy) is 1. The summed E-state index contributed by atoms with van der Waals surface area (Å²) in [5.41, 5.74) is 0. The number of alkyl carbamates (subject to hydrolysis) is 1. The minimum Gasteiger partial charge on any atom is -0.450 e. The Labute approximate surface area is 127 Å². The predicted molar refractivity (Wildman–Crippen MR) is 77.9 cm³/mol. The average Bonchev–Trinajstić information content (AvgIpc) is 2.35. The Bertz CT molecular complexity index is 450. The molecular formula is C11H12Cl3NO3P+. The summed E-state index contributed by atoms with van der Waals surface area (Å²) in [5, 5.41) is 2.79. The van der Waals surface area contributed by atoms with Crippen LogP contribution in [0.2, 0.25) is 0 Å². The molecule has 1 amide bonds. The van der Waals surface area contributed by atoms with Gasteiger partial charge in [-0.05, 0) is 19.1 Å². The van der Waals surface area contributed by atoms with Crippen LogP contribution in [0.5, 0.6) is 0 Å². The third-order valence-corrected chi connectivity index (χ3v) is 4.99. The van der Waals surface area contributed by atoms with Crippen LogP contribution in [-0.4, -0.2) is 22.3 Å². The number of hydrogen-bond acceptors (Lipinski definition) is 3. The van der Waals surface area contributed by atoms with E-state index in [1.54, 1.807) is 37.3 Å². The van der Waals surface area contributed by atoms with Gasteiger partial charge in [-0.1, -0.05) is 57.6 Å². The normalized spacial score (nSPS) is 13.6. The van der Waals surface area contributed by atoms with E-state index in [-0.39, 0.29) is 6.61 Å². The van der Waals surface area contributed by atoms with Crippen molar-refractivity contribution in [3.05, 3.63) is 30.3 Å². The predicted octanol–water partition coefficient (Wildman–Crippen LogP) is 3.58. The molecule has 1 rings (SSSR count). The largest absolute Gasteiger partial charge is 0.450 e. The van der Waals surface area contributed by atoms with Gasteiger partial charge in [-0.25, -0.2) is 4.79 Å². The molecule has 0 bridgehead atoms. The summed E-state index contributed by atoms with van der Waals surface area (Å²) in [5.74, 6) is -1.17. The SMILES string of the molecule is CCOC(=O)NC([P+](=O)c1ccccc1)C(Cl)(Cl)Cl. The van der Waals surface area contributed by atoms with Gasteiger partial charge in [-0.15, -0.1) is 0 Å². The van der Waals surface area contributed by atoms with Crippen LogP contribution in [0.1, 0.15) is 6.92 Å². The van der Waals surface area contributed by atoms with Crippen molar-refractivity contribution in [3.8, 4) is 0 Å². The number of carbonyl (C=O) groups excluding carboxylic acids is 1. The van der Waals surface area contributed by atoms with Crippen LogP contribution in [0.25, 0.3) is 0 Å². The van der Waals surface area contributed by atoms with Crippen molar-refractivity contribution in [1.29, 1.82) is 0 Å². The molecule has 0 aliphatic carbocycles. The Hall–Kier alpha value is -0.540. The molecule has 8 heteroatoms. The molecule has 2 atom stereocenters. The van der Waals surface area contributed by atoms with Gasteiger partial charge in [0, 0.05) is 0 Å². The summed E-state index contributed by atoms with van der Waals surface area (Å²) in [6, 6.07) is 8.46.